The molecule has 15 heavy (non-hydrogen) atoms. The van der Waals surface area contributed by atoms with Crippen molar-refractivity contribution in [3.63, 3.8) is 0 Å². The molecule has 0 saturated heterocycles. The molecule has 1 aromatic rings. The molecule has 1 aromatic carbocycles. The van der Waals surface area contributed by atoms with Crippen LogP contribution < -0.4 is 0 Å². The third-order valence-corrected chi connectivity index (χ3v) is 2.51. The number of nitrogens with one attached hydrogen (secondary N) is 1. The maximum atomic E-state index is 12.0. The van der Waals surface area contributed by atoms with Crippen LogP contribution in [0.25, 0.3) is 0 Å². The number of rotatable bonds is 0. The zero-order valence-electron chi connectivity index (χ0n) is 9.16. The molecule has 1 N–H and O–H groups in total. The van der Waals surface area contributed by atoms with Crippen LogP contribution in [0.5, 0.6) is 0 Å². The van der Waals surface area contributed by atoms with Crippen molar-refractivity contribution < 1.29 is 4.79 Å². The summed E-state index contributed by atoms with van der Waals surface area (Å²) in [4.78, 5) is 13.6. The van der Waals surface area contributed by atoms with E-state index in [0.29, 0.717) is 11.4 Å². The fourth-order valence-corrected chi connectivity index (χ4v) is 1.86. The highest BCUT2D eigenvalue weighted by Crippen LogP contribution is 2.28. The molecule has 3 nitrogen and oxygen atoms in total. The van der Waals surface area contributed by atoms with Crippen LogP contribution in [0.2, 0.25) is 0 Å². The molecule has 0 fully saturated rings. The first kappa shape index (κ1) is 9.90. The van der Waals surface area contributed by atoms with E-state index in [4.69, 9.17) is 5.41 Å². The van der Waals surface area contributed by atoms with E-state index in [-0.39, 0.29) is 11.4 Å². The summed E-state index contributed by atoms with van der Waals surface area (Å²) >= 11 is 0. The van der Waals surface area contributed by atoms with E-state index in [0.717, 1.165) is 5.56 Å². The highest BCUT2D eigenvalue weighted by Gasteiger charge is 2.38. The maximum absolute atomic E-state index is 12.0. The summed E-state index contributed by atoms with van der Waals surface area (Å²) < 4.78 is 0. The fraction of sp³-hybridized carbons (Fsp3) is 0.333. The van der Waals surface area contributed by atoms with Gasteiger partial charge in [0, 0.05) is 11.1 Å². The third-order valence-electron chi connectivity index (χ3n) is 2.51. The minimum atomic E-state index is -0.340. The molecular weight excluding hydrogens is 188 g/mol. The van der Waals surface area contributed by atoms with E-state index in [1.54, 1.807) is 6.07 Å². The first-order valence-electron chi connectivity index (χ1n) is 4.95. The number of amidine groups is 1. The van der Waals surface area contributed by atoms with Gasteiger partial charge in [-0.2, -0.15) is 0 Å². The number of amides is 1. The summed E-state index contributed by atoms with van der Waals surface area (Å²) in [5.74, 6) is 0.242. The second-order valence-electron chi connectivity index (χ2n) is 4.71. The Bertz CT molecular complexity index is 408. The first-order valence-corrected chi connectivity index (χ1v) is 4.95. The van der Waals surface area contributed by atoms with Gasteiger partial charge in [0.2, 0.25) is 0 Å². The summed E-state index contributed by atoms with van der Waals surface area (Å²) in [5.41, 5.74) is 1.03. The van der Waals surface area contributed by atoms with Crippen LogP contribution >= 0.6 is 0 Å². The molecule has 78 valence electrons. The molecule has 0 aromatic heterocycles. The van der Waals surface area contributed by atoms with E-state index in [2.05, 4.69) is 0 Å². The molecule has 1 aliphatic rings. The van der Waals surface area contributed by atoms with Gasteiger partial charge in [-0.1, -0.05) is 18.2 Å². The van der Waals surface area contributed by atoms with Crippen molar-refractivity contribution in [2.45, 2.75) is 26.3 Å². The summed E-state index contributed by atoms with van der Waals surface area (Å²) in [6.45, 7) is 5.81. The molecule has 0 radical (unpaired) electrons. The average Bonchev–Trinajstić information content (AvgIpc) is 2.39. The fourth-order valence-electron chi connectivity index (χ4n) is 1.86. The van der Waals surface area contributed by atoms with Crippen molar-refractivity contribution >= 4 is 11.7 Å². The van der Waals surface area contributed by atoms with Crippen LogP contribution in [0, 0.1) is 5.41 Å². The van der Waals surface area contributed by atoms with E-state index in [1.807, 2.05) is 39.0 Å². The Morgan fingerprint density at radius 2 is 1.67 bits per heavy atom. The Balaban J connectivity index is 2.55. The molecule has 0 unspecified atom stereocenters. The zero-order valence-corrected chi connectivity index (χ0v) is 9.16. The normalized spacial score (nSPS) is 15.8. The summed E-state index contributed by atoms with van der Waals surface area (Å²) in [6.07, 6.45) is 0. The van der Waals surface area contributed by atoms with Crippen LogP contribution in [0.15, 0.2) is 24.3 Å². The molecule has 0 saturated carbocycles. The standard InChI is InChI=1S/C12H14N2O/c1-12(2,3)14-10(13)8-6-4-5-7-9(8)11(14)15/h4-7,13H,1-3H3. The largest absolute Gasteiger partial charge is 0.287 e. The Labute approximate surface area is 89.2 Å². The lowest BCUT2D eigenvalue weighted by Crippen LogP contribution is -2.45. The van der Waals surface area contributed by atoms with Crippen molar-refractivity contribution in [3.8, 4) is 0 Å². The van der Waals surface area contributed by atoms with Crippen molar-refractivity contribution in [1.82, 2.24) is 4.90 Å². The predicted octanol–water partition coefficient (Wildman–Crippen LogP) is 2.27. The van der Waals surface area contributed by atoms with Crippen LogP contribution in [0.1, 0.15) is 36.7 Å². The van der Waals surface area contributed by atoms with Gasteiger partial charge in [-0.05, 0) is 26.8 Å². The Hall–Kier alpha value is -1.64. The van der Waals surface area contributed by atoms with Gasteiger partial charge in [0.15, 0.2) is 0 Å². The van der Waals surface area contributed by atoms with Crippen molar-refractivity contribution in [1.29, 1.82) is 5.41 Å². The van der Waals surface area contributed by atoms with Crippen LogP contribution in [0.3, 0.4) is 0 Å². The molecule has 1 amide bonds. The van der Waals surface area contributed by atoms with Gasteiger partial charge in [-0.25, -0.2) is 0 Å². The molecule has 0 aliphatic carbocycles. The van der Waals surface area contributed by atoms with Crippen LogP contribution in [0.4, 0.5) is 0 Å². The minimum Gasteiger partial charge on any atom is -0.287 e. The summed E-state index contributed by atoms with van der Waals surface area (Å²) in [7, 11) is 0. The van der Waals surface area contributed by atoms with Crippen LogP contribution in [-0.4, -0.2) is 22.2 Å². The van der Waals surface area contributed by atoms with E-state index in [9.17, 15) is 4.79 Å². The number of hydrogen-bond donors (Lipinski definition) is 1. The topological polar surface area (TPSA) is 44.2 Å². The van der Waals surface area contributed by atoms with Gasteiger partial charge >= 0.3 is 0 Å². The van der Waals surface area contributed by atoms with Crippen molar-refractivity contribution in [2.75, 3.05) is 0 Å². The summed E-state index contributed by atoms with van der Waals surface area (Å²) in [5, 5.41) is 7.98. The second kappa shape index (κ2) is 2.92. The van der Waals surface area contributed by atoms with Crippen molar-refractivity contribution in [3.05, 3.63) is 35.4 Å². The SMILES string of the molecule is CC(C)(C)N1C(=N)c2ccccc2C1=O. The number of carbonyl (C=O) groups excluding carboxylic acids is 1. The quantitative estimate of drug-likeness (QED) is 0.689. The van der Waals surface area contributed by atoms with Gasteiger partial charge in [-0.15, -0.1) is 0 Å². The van der Waals surface area contributed by atoms with Gasteiger partial charge in [0.25, 0.3) is 5.91 Å². The molecule has 0 spiro atoms. The summed E-state index contributed by atoms with van der Waals surface area (Å²) in [6, 6.07) is 7.28. The minimum absolute atomic E-state index is 0.0666. The van der Waals surface area contributed by atoms with E-state index in [1.165, 1.54) is 4.90 Å². The van der Waals surface area contributed by atoms with Gasteiger partial charge in [0.1, 0.15) is 5.84 Å². The van der Waals surface area contributed by atoms with Gasteiger partial charge in [-0.3, -0.25) is 15.1 Å². The smallest absolute Gasteiger partial charge is 0.260 e. The monoisotopic (exact) mass is 202 g/mol. The molecule has 3 heteroatoms. The lowest BCUT2D eigenvalue weighted by Gasteiger charge is -2.31. The molecule has 2 rings (SSSR count). The van der Waals surface area contributed by atoms with Gasteiger partial charge in [0.05, 0.1) is 5.56 Å². The molecule has 1 aliphatic heterocycles. The molecule has 1 heterocycles. The molecule has 0 atom stereocenters. The second-order valence-corrected chi connectivity index (χ2v) is 4.71. The maximum Gasteiger partial charge on any atom is 0.260 e. The molecular formula is C12H14N2O. The third kappa shape index (κ3) is 1.35. The number of hydrogen-bond acceptors (Lipinski definition) is 2. The lowest BCUT2D eigenvalue weighted by molar-refractivity contribution is 0.0765. The number of benzene rings is 1. The van der Waals surface area contributed by atoms with Crippen LogP contribution in [-0.2, 0) is 0 Å². The van der Waals surface area contributed by atoms with E-state index < -0.39 is 0 Å². The highest BCUT2D eigenvalue weighted by atomic mass is 16.2. The predicted molar refractivity (Wildman–Crippen MR) is 59.2 cm³/mol. The zero-order chi connectivity index (χ0) is 11.2. The van der Waals surface area contributed by atoms with Gasteiger partial charge < -0.3 is 0 Å². The number of carbonyl (C=O) groups is 1. The first-order chi connectivity index (χ1) is 6.93. The average molecular weight is 202 g/mol. The Morgan fingerprint density at radius 1 is 1.13 bits per heavy atom. The highest BCUT2D eigenvalue weighted by molar-refractivity contribution is 6.22. The Kier molecular flexibility index (Phi) is 1.93. The number of fused-ring (bicyclic) bond motifs is 1. The van der Waals surface area contributed by atoms with Crippen molar-refractivity contribution in [2.24, 2.45) is 0 Å². The Morgan fingerprint density at radius 3 is 2.13 bits per heavy atom. The lowest BCUT2D eigenvalue weighted by atomic mass is 10.1. The van der Waals surface area contributed by atoms with E-state index >= 15 is 0 Å². The molecule has 0 bridgehead atoms. The number of nitrogens with zero attached hydrogens (tertiary/aromatic N) is 1.